The Labute approximate surface area is 200 Å². The van der Waals surface area contributed by atoms with Crippen molar-refractivity contribution in [2.75, 3.05) is 38.2 Å². The Morgan fingerprint density at radius 3 is 2.30 bits per heavy atom. The Hall–Kier alpha value is -2.79. The summed E-state index contributed by atoms with van der Waals surface area (Å²) < 4.78 is 0. The van der Waals surface area contributed by atoms with Crippen LogP contribution in [-0.4, -0.2) is 77.0 Å². The highest BCUT2D eigenvalue weighted by atomic mass is 32.2. The van der Waals surface area contributed by atoms with E-state index in [4.69, 9.17) is 6.42 Å². The fourth-order valence-electron chi connectivity index (χ4n) is 4.75. The van der Waals surface area contributed by atoms with E-state index < -0.39 is 6.04 Å². The van der Waals surface area contributed by atoms with E-state index in [1.807, 2.05) is 47.6 Å². The molecular formula is C26H30N4O2S. The highest BCUT2D eigenvalue weighted by Gasteiger charge is 2.46. The van der Waals surface area contributed by atoms with Gasteiger partial charge < -0.3 is 9.80 Å². The van der Waals surface area contributed by atoms with Gasteiger partial charge in [0.1, 0.15) is 12.2 Å². The normalized spacial score (nSPS) is 21.2. The van der Waals surface area contributed by atoms with Crippen molar-refractivity contribution in [3.63, 3.8) is 0 Å². The summed E-state index contributed by atoms with van der Waals surface area (Å²) in [6.45, 7) is 1.51. The maximum atomic E-state index is 13.7. The molecule has 0 spiro atoms. The maximum Gasteiger partial charge on any atom is 0.245 e. The van der Waals surface area contributed by atoms with Crippen molar-refractivity contribution in [2.45, 2.75) is 24.5 Å². The van der Waals surface area contributed by atoms with Crippen molar-refractivity contribution in [1.82, 2.24) is 20.2 Å². The number of fused-ring (bicyclic) bond motifs is 1. The van der Waals surface area contributed by atoms with Crippen LogP contribution in [0.1, 0.15) is 23.5 Å². The molecule has 0 unspecified atom stereocenters. The molecule has 0 bridgehead atoms. The molecule has 2 aliphatic heterocycles. The predicted octanol–water partition coefficient (Wildman–Crippen LogP) is 2.39. The minimum atomic E-state index is -0.462. The van der Waals surface area contributed by atoms with Crippen molar-refractivity contribution < 1.29 is 9.59 Å². The van der Waals surface area contributed by atoms with E-state index in [1.165, 1.54) is 11.1 Å². The zero-order valence-corrected chi connectivity index (χ0v) is 19.7. The fourth-order valence-corrected chi connectivity index (χ4v) is 5.21. The Morgan fingerprint density at radius 2 is 1.73 bits per heavy atom. The maximum absolute atomic E-state index is 13.7. The number of rotatable bonds is 8. The van der Waals surface area contributed by atoms with Gasteiger partial charge in [-0.2, -0.15) is 11.8 Å². The number of nitrogens with one attached hydrogen (secondary N) is 1. The molecule has 6 nitrogen and oxygen atoms in total. The standard InChI is InChI=1S/C26H30N4O2S/c1-3-15-29-19-25(31)30-23(14-16-33-2)26(32)28(18-24(30)27-29)17-22(20-10-6-4-7-11-20)21-12-8-5-9-13-21/h1,4-13,22-24,27H,14-19H2,2H3/t23-,24+/m0/s1. The van der Waals surface area contributed by atoms with Crippen LogP contribution in [-0.2, 0) is 9.59 Å². The summed E-state index contributed by atoms with van der Waals surface area (Å²) in [4.78, 5) is 30.4. The number of piperazine rings is 1. The summed E-state index contributed by atoms with van der Waals surface area (Å²) in [5.41, 5.74) is 5.73. The van der Waals surface area contributed by atoms with E-state index in [2.05, 4.69) is 35.6 Å². The van der Waals surface area contributed by atoms with Crippen LogP contribution in [0.3, 0.4) is 0 Å². The zero-order valence-electron chi connectivity index (χ0n) is 18.9. The van der Waals surface area contributed by atoms with Gasteiger partial charge in [0.15, 0.2) is 0 Å². The van der Waals surface area contributed by atoms with Gasteiger partial charge in [-0.05, 0) is 29.6 Å². The molecule has 0 aromatic heterocycles. The third kappa shape index (κ3) is 5.25. The van der Waals surface area contributed by atoms with E-state index in [1.54, 1.807) is 21.7 Å². The van der Waals surface area contributed by atoms with E-state index >= 15 is 0 Å². The summed E-state index contributed by atoms with van der Waals surface area (Å²) >= 11 is 1.69. The average Bonchev–Trinajstić information content (AvgIpc) is 2.84. The molecular weight excluding hydrogens is 432 g/mol. The Morgan fingerprint density at radius 1 is 1.09 bits per heavy atom. The Bertz CT molecular complexity index is 955. The second-order valence-corrected chi connectivity index (χ2v) is 9.41. The number of amides is 2. The minimum absolute atomic E-state index is 0.0257. The largest absolute Gasteiger partial charge is 0.336 e. The number of carbonyl (C=O) groups excluding carboxylic acids is 2. The molecule has 4 rings (SSSR count). The molecule has 0 saturated carbocycles. The first-order chi connectivity index (χ1) is 16.1. The van der Waals surface area contributed by atoms with Crippen LogP contribution in [0.4, 0.5) is 0 Å². The lowest BCUT2D eigenvalue weighted by Gasteiger charge is -2.51. The molecule has 0 radical (unpaired) electrons. The number of hydrogen-bond acceptors (Lipinski definition) is 5. The summed E-state index contributed by atoms with van der Waals surface area (Å²) in [7, 11) is 0. The first-order valence-corrected chi connectivity index (χ1v) is 12.6. The van der Waals surface area contributed by atoms with Crippen LogP contribution >= 0.6 is 11.8 Å². The van der Waals surface area contributed by atoms with Crippen LogP contribution in [0.2, 0.25) is 0 Å². The Kier molecular flexibility index (Phi) is 7.71. The van der Waals surface area contributed by atoms with E-state index in [9.17, 15) is 9.59 Å². The number of benzene rings is 2. The summed E-state index contributed by atoms with van der Waals surface area (Å²) in [6, 6.07) is 20.1. The van der Waals surface area contributed by atoms with Crippen LogP contribution in [0.25, 0.3) is 0 Å². The van der Waals surface area contributed by atoms with Crippen LogP contribution in [0, 0.1) is 12.3 Å². The summed E-state index contributed by atoms with van der Waals surface area (Å²) in [5, 5.41) is 1.77. The van der Waals surface area contributed by atoms with Crippen LogP contribution in [0.15, 0.2) is 60.7 Å². The Balaban J connectivity index is 1.63. The van der Waals surface area contributed by atoms with Crippen molar-refractivity contribution in [3.05, 3.63) is 71.8 Å². The highest BCUT2D eigenvalue weighted by molar-refractivity contribution is 7.98. The minimum Gasteiger partial charge on any atom is -0.336 e. The molecule has 2 aromatic rings. The number of hydrogen-bond donors (Lipinski definition) is 1. The third-order valence-corrected chi connectivity index (χ3v) is 6.94. The van der Waals surface area contributed by atoms with Crippen molar-refractivity contribution >= 4 is 23.6 Å². The molecule has 172 valence electrons. The first-order valence-electron chi connectivity index (χ1n) is 11.3. The van der Waals surface area contributed by atoms with Gasteiger partial charge in [0.2, 0.25) is 11.8 Å². The van der Waals surface area contributed by atoms with Gasteiger partial charge in [0.25, 0.3) is 0 Å². The SMILES string of the molecule is C#CCN1CC(=O)N2[C@H](CN(CC(c3ccccc3)c3ccccc3)C(=O)[C@@H]2CCSC)N1. The lowest BCUT2D eigenvalue weighted by Crippen LogP contribution is -2.74. The molecule has 33 heavy (non-hydrogen) atoms. The predicted molar refractivity (Wildman–Crippen MR) is 132 cm³/mol. The number of carbonyl (C=O) groups is 2. The van der Waals surface area contributed by atoms with Crippen molar-refractivity contribution in [1.29, 1.82) is 0 Å². The number of nitrogens with zero attached hydrogens (tertiary/aromatic N) is 3. The second kappa shape index (κ2) is 10.9. The lowest BCUT2D eigenvalue weighted by molar-refractivity contribution is -0.167. The zero-order chi connectivity index (χ0) is 23.2. The summed E-state index contributed by atoms with van der Waals surface area (Å²) in [6.07, 6.45) is 7.86. The topological polar surface area (TPSA) is 55.9 Å². The lowest BCUT2D eigenvalue weighted by atomic mass is 9.90. The first kappa shape index (κ1) is 23.4. The number of terminal acetylenes is 1. The van der Waals surface area contributed by atoms with Crippen LogP contribution in [0.5, 0.6) is 0 Å². The molecule has 2 aliphatic rings. The highest BCUT2D eigenvalue weighted by Crippen LogP contribution is 2.29. The second-order valence-electron chi connectivity index (χ2n) is 8.42. The van der Waals surface area contributed by atoms with Gasteiger partial charge in [-0.15, -0.1) is 6.42 Å². The van der Waals surface area contributed by atoms with Gasteiger partial charge >= 0.3 is 0 Å². The van der Waals surface area contributed by atoms with Gasteiger partial charge in [-0.1, -0.05) is 66.6 Å². The molecule has 2 heterocycles. The fraction of sp³-hybridized carbons (Fsp3) is 0.385. The molecule has 1 N–H and O–H groups in total. The van der Waals surface area contributed by atoms with E-state index in [0.29, 0.717) is 26.1 Å². The summed E-state index contributed by atoms with van der Waals surface area (Å²) in [5.74, 6) is 3.44. The molecule has 2 fully saturated rings. The van der Waals surface area contributed by atoms with E-state index in [-0.39, 0.29) is 30.4 Å². The van der Waals surface area contributed by atoms with Gasteiger partial charge in [0, 0.05) is 12.5 Å². The molecule has 7 heteroatoms. The van der Waals surface area contributed by atoms with E-state index in [0.717, 1.165) is 5.75 Å². The molecule has 2 aromatic carbocycles. The third-order valence-electron chi connectivity index (χ3n) is 6.29. The van der Waals surface area contributed by atoms with Gasteiger partial charge in [-0.3, -0.25) is 9.59 Å². The number of thioether (sulfide) groups is 1. The van der Waals surface area contributed by atoms with Crippen molar-refractivity contribution in [2.24, 2.45) is 0 Å². The van der Waals surface area contributed by atoms with Gasteiger partial charge in [0.05, 0.1) is 19.6 Å². The van der Waals surface area contributed by atoms with Gasteiger partial charge in [-0.25, -0.2) is 10.4 Å². The van der Waals surface area contributed by atoms with Crippen molar-refractivity contribution in [3.8, 4) is 12.3 Å². The quantitative estimate of drug-likeness (QED) is 0.611. The average molecular weight is 463 g/mol. The smallest absolute Gasteiger partial charge is 0.245 e. The molecule has 2 saturated heterocycles. The molecule has 2 atom stereocenters. The molecule has 0 aliphatic carbocycles. The number of hydrazine groups is 1. The monoisotopic (exact) mass is 462 g/mol. The molecule has 2 amide bonds. The van der Waals surface area contributed by atoms with Crippen LogP contribution < -0.4 is 5.43 Å².